The standard InChI is InChI=1S/C19H22BrN3O7S/c1-4-28-13-7-11(6-12(20)16(13)30-10(3)18(27)29-5-2)9-21-23-19-22-17(26)14(31-19)8-15(24)25/h6-7,9-10,14H,4-5,8H2,1-3H3,(H,24,25)(H,22,23,26). The first-order valence-corrected chi connectivity index (χ1v) is 11.0. The number of aliphatic carboxylic acids is 1. The molecule has 0 spiro atoms. The number of thioether (sulfide) groups is 1. The molecule has 1 aliphatic rings. The third-order valence-corrected chi connectivity index (χ3v) is 5.40. The van der Waals surface area contributed by atoms with Crippen molar-refractivity contribution in [2.75, 3.05) is 13.2 Å². The van der Waals surface area contributed by atoms with Crippen LogP contribution in [0.1, 0.15) is 32.8 Å². The molecule has 0 aliphatic carbocycles. The average Bonchev–Trinajstić information content (AvgIpc) is 3.03. The zero-order chi connectivity index (χ0) is 23.0. The van der Waals surface area contributed by atoms with Crippen LogP contribution in [-0.4, -0.2) is 58.9 Å². The van der Waals surface area contributed by atoms with E-state index in [0.29, 0.717) is 28.1 Å². The van der Waals surface area contributed by atoms with Gasteiger partial charge < -0.3 is 24.6 Å². The highest BCUT2D eigenvalue weighted by atomic mass is 79.9. The fourth-order valence-electron chi connectivity index (χ4n) is 2.42. The van der Waals surface area contributed by atoms with Crippen LogP contribution in [0.25, 0.3) is 0 Å². The number of rotatable bonds is 10. The molecule has 1 heterocycles. The van der Waals surface area contributed by atoms with Crippen LogP contribution in [0.5, 0.6) is 11.5 Å². The maximum absolute atomic E-state index is 11.9. The Balaban J connectivity index is 2.16. The molecule has 1 saturated heterocycles. The lowest BCUT2D eigenvalue weighted by atomic mass is 10.2. The minimum atomic E-state index is -1.06. The van der Waals surface area contributed by atoms with Gasteiger partial charge in [0.25, 0.3) is 0 Å². The summed E-state index contributed by atoms with van der Waals surface area (Å²) in [5.74, 6) is -1.23. The number of esters is 1. The van der Waals surface area contributed by atoms with E-state index >= 15 is 0 Å². The van der Waals surface area contributed by atoms with Crippen molar-refractivity contribution in [2.24, 2.45) is 10.2 Å². The lowest BCUT2D eigenvalue weighted by molar-refractivity contribution is -0.150. The van der Waals surface area contributed by atoms with Gasteiger partial charge in [0.1, 0.15) is 5.25 Å². The second kappa shape index (κ2) is 11.7. The van der Waals surface area contributed by atoms with Gasteiger partial charge in [-0.3, -0.25) is 9.59 Å². The molecule has 0 saturated carbocycles. The van der Waals surface area contributed by atoms with Crippen LogP contribution in [0.2, 0.25) is 0 Å². The average molecular weight is 516 g/mol. The third-order valence-electron chi connectivity index (χ3n) is 3.74. The van der Waals surface area contributed by atoms with E-state index < -0.39 is 29.2 Å². The van der Waals surface area contributed by atoms with Crippen molar-refractivity contribution in [1.29, 1.82) is 0 Å². The first-order chi connectivity index (χ1) is 14.7. The van der Waals surface area contributed by atoms with Crippen molar-refractivity contribution >= 4 is 56.9 Å². The lowest BCUT2D eigenvalue weighted by Gasteiger charge is -2.18. The predicted octanol–water partition coefficient (Wildman–Crippen LogP) is 2.57. The molecule has 2 unspecified atom stereocenters. The van der Waals surface area contributed by atoms with Crippen LogP contribution >= 0.6 is 27.7 Å². The van der Waals surface area contributed by atoms with E-state index in [1.165, 1.54) is 6.21 Å². The number of hydrogen-bond donors (Lipinski definition) is 2. The molecule has 1 amide bonds. The first kappa shape index (κ1) is 24.7. The molecule has 0 bridgehead atoms. The Morgan fingerprint density at radius 2 is 2.10 bits per heavy atom. The number of carboxylic acids is 1. The van der Waals surface area contributed by atoms with Crippen molar-refractivity contribution in [3.05, 3.63) is 22.2 Å². The summed E-state index contributed by atoms with van der Waals surface area (Å²) in [5.41, 5.74) is 0.618. The normalized spacial score (nSPS) is 18.1. The Hall–Kier alpha value is -2.60. The van der Waals surface area contributed by atoms with Crippen LogP contribution in [0.15, 0.2) is 26.8 Å². The van der Waals surface area contributed by atoms with Gasteiger partial charge in [-0.15, -0.1) is 5.10 Å². The predicted molar refractivity (Wildman–Crippen MR) is 119 cm³/mol. The van der Waals surface area contributed by atoms with Crippen LogP contribution in [0.4, 0.5) is 0 Å². The van der Waals surface area contributed by atoms with Gasteiger partial charge in [-0.05, 0) is 54.4 Å². The van der Waals surface area contributed by atoms with E-state index in [9.17, 15) is 14.4 Å². The molecule has 10 nitrogen and oxygen atoms in total. The van der Waals surface area contributed by atoms with Crippen LogP contribution in [0, 0.1) is 0 Å². The molecule has 1 aromatic rings. The Morgan fingerprint density at radius 3 is 2.74 bits per heavy atom. The number of halogens is 1. The van der Waals surface area contributed by atoms with Crippen molar-refractivity contribution < 1.29 is 33.7 Å². The molecule has 168 valence electrons. The van der Waals surface area contributed by atoms with E-state index in [4.69, 9.17) is 19.3 Å². The second-order valence-electron chi connectivity index (χ2n) is 6.12. The minimum Gasteiger partial charge on any atom is -0.490 e. The molecular formula is C19H22BrN3O7S. The molecule has 0 radical (unpaired) electrons. The second-order valence-corrected chi connectivity index (χ2v) is 8.16. The highest BCUT2D eigenvalue weighted by Crippen LogP contribution is 2.37. The number of ether oxygens (including phenoxy) is 3. The third kappa shape index (κ3) is 7.24. The molecule has 1 fully saturated rings. The lowest BCUT2D eigenvalue weighted by Crippen LogP contribution is -2.26. The van der Waals surface area contributed by atoms with Crippen LogP contribution < -0.4 is 14.8 Å². The number of amidine groups is 1. The smallest absolute Gasteiger partial charge is 0.347 e. The number of carbonyl (C=O) groups excluding carboxylic acids is 2. The number of carboxylic acid groups (broad SMARTS) is 1. The fraction of sp³-hybridized carbons (Fsp3) is 0.421. The summed E-state index contributed by atoms with van der Waals surface area (Å²) in [4.78, 5) is 34.4. The van der Waals surface area contributed by atoms with Gasteiger partial charge in [-0.2, -0.15) is 5.10 Å². The number of nitrogens with one attached hydrogen (secondary N) is 1. The molecule has 2 atom stereocenters. The van der Waals surface area contributed by atoms with Gasteiger partial charge in [0, 0.05) is 0 Å². The highest BCUT2D eigenvalue weighted by Gasteiger charge is 2.32. The summed E-state index contributed by atoms with van der Waals surface area (Å²) in [7, 11) is 0. The summed E-state index contributed by atoms with van der Waals surface area (Å²) in [6.07, 6.45) is 0.314. The van der Waals surface area contributed by atoms with Gasteiger partial charge in [0.05, 0.1) is 30.3 Å². The highest BCUT2D eigenvalue weighted by molar-refractivity contribution is 9.10. The largest absolute Gasteiger partial charge is 0.490 e. The van der Waals surface area contributed by atoms with E-state index in [-0.39, 0.29) is 18.2 Å². The molecule has 12 heteroatoms. The molecule has 2 rings (SSSR count). The van der Waals surface area contributed by atoms with Gasteiger partial charge in [0.2, 0.25) is 5.91 Å². The summed E-state index contributed by atoms with van der Waals surface area (Å²) in [6.45, 7) is 5.72. The van der Waals surface area contributed by atoms with E-state index in [1.54, 1.807) is 26.0 Å². The maximum atomic E-state index is 11.9. The maximum Gasteiger partial charge on any atom is 0.347 e. The van der Waals surface area contributed by atoms with Gasteiger partial charge in [0.15, 0.2) is 22.8 Å². The molecule has 31 heavy (non-hydrogen) atoms. The fourth-order valence-corrected chi connectivity index (χ4v) is 3.89. The van der Waals surface area contributed by atoms with E-state index in [0.717, 1.165) is 11.8 Å². The van der Waals surface area contributed by atoms with Gasteiger partial charge in [-0.1, -0.05) is 11.8 Å². The number of benzene rings is 1. The topological polar surface area (TPSA) is 136 Å². The van der Waals surface area contributed by atoms with Crippen LogP contribution in [-0.2, 0) is 19.1 Å². The Bertz CT molecular complexity index is 907. The molecule has 1 aliphatic heterocycles. The Kier molecular flexibility index (Phi) is 9.31. The van der Waals surface area contributed by atoms with E-state index in [2.05, 4.69) is 31.4 Å². The van der Waals surface area contributed by atoms with Crippen molar-refractivity contribution in [2.45, 2.75) is 38.5 Å². The molecule has 2 N–H and O–H groups in total. The van der Waals surface area contributed by atoms with E-state index in [1.807, 2.05) is 6.92 Å². The zero-order valence-electron chi connectivity index (χ0n) is 17.1. The Labute approximate surface area is 191 Å². The van der Waals surface area contributed by atoms with Crippen molar-refractivity contribution in [3.8, 4) is 11.5 Å². The SMILES string of the molecule is CCOC(=O)C(C)Oc1c(Br)cc(C=NN=C2NC(=O)C(CC(=O)O)S2)cc1OCC. The number of carbonyl (C=O) groups is 3. The zero-order valence-corrected chi connectivity index (χ0v) is 19.5. The summed E-state index contributed by atoms with van der Waals surface area (Å²) in [6, 6.07) is 3.37. The quantitative estimate of drug-likeness (QED) is 0.275. The molecule has 0 aromatic heterocycles. The van der Waals surface area contributed by atoms with Crippen molar-refractivity contribution in [1.82, 2.24) is 5.32 Å². The number of amides is 1. The first-order valence-electron chi connectivity index (χ1n) is 9.35. The van der Waals surface area contributed by atoms with Crippen LogP contribution in [0.3, 0.4) is 0 Å². The van der Waals surface area contributed by atoms with Crippen molar-refractivity contribution in [3.63, 3.8) is 0 Å². The molecular weight excluding hydrogens is 494 g/mol. The molecule has 1 aromatic carbocycles. The summed E-state index contributed by atoms with van der Waals surface area (Å²) >= 11 is 4.42. The summed E-state index contributed by atoms with van der Waals surface area (Å²) < 4.78 is 16.8. The monoisotopic (exact) mass is 515 g/mol. The Morgan fingerprint density at radius 1 is 1.35 bits per heavy atom. The van der Waals surface area contributed by atoms with Gasteiger partial charge in [-0.25, -0.2) is 4.79 Å². The number of nitrogens with zero attached hydrogens (tertiary/aromatic N) is 2. The number of hydrogen-bond acceptors (Lipinski definition) is 9. The van der Waals surface area contributed by atoms with Gasteiger partial charge >= 0.3 is 11.9 Å². The minimum absolute atomic E-state index is 0.222. The summed E-state index contributed by atoms with van der Waals surface area (Å²) in [5, 5.41) is 18.7.